The van der Waals surface area contributed by atoms with E-state index in [-0.39, 0.29) is 18.3 Å². The van der Waals surface area contributed by atoms with Crippen LogP contribution in [0.25, 0.3) is 10.4 Å². The van der Waals surface area contributed by atoms with E-state index >= 15 is 0 Å². The number of ether oxygens (including phenoxy) is 1. The first-order valence-electron chi connectivity index (χ1n) is 9.72. The van der Waals surface area contributed by atoms with Crippen LogP contribution in [0.5, 0.6) is 0 Å². The lowest BCUT2D eigenvalue weighted by Crippen LogP contribution is -2.47. The van der Waals surface area contributed by atoms with Crippen LogP contribution in [0.3, 0.4) is 0 Å². The number of hydrogen-bond donors (Lipinski definition) is 1. The van der Waals surface area contributed by atoms with E-state index in [4.69, 9.17) is 4.74 Å². The van der Waals surface area contributed by atoms with Crippen molar-refractivity contribution in [3.63, 3.8) is 0 Å². The highest BCUT2D eigenvalue weighted by molar-refractivity contribution is 5.73. The van der Waals surface area contributed by atoms with Crippen LogP contribution in [0.1, 0.15) is 32.3 Å². The first-order chi connectivity index (χ1) is 14.1. The van der Waals surface area contributed by atoms with Gasteiger partial charge in [-0.25, -0.2) is 0 Å². The van der Waals surface area contributed by atoms with Gasteiger partial charge in [0.25, 0.3) is 0 Å². The lowest BCUT2D eigenvalue weighted by Gasteiger charge is -2.47. The number of nitrogens with one attached hydrogen (secondary N) is 1. The molecule has 1 aliphatic heterocycles. The zero-order valence-electron chi connectivity index (χ0n) is 16.5. The molecule has 0 saturated carbocycles. The van der Waals surface area contributed by atoms with Gasteiger partial charge in [-0.2, -0.15) is 0 Å². The van der Waals surface area contributed by atoms with Crippen LogP contribution in [-0.4, -0.2) is 22.7 Å². The summed E-state index contributed by atoms with van der Waals surface area (Å²) >= 11 is 0. The van der Waals surface area contributed by atoms with Crippen molar-refractivity contribution in [3.05, 3.63) is 87.3 Å². The normalized spacial score (nSPS) is 28.8. The maximum Gasteiger partial charge on any atom is 0.312 e. The fourth-order valence-electron chi connectivity index (χ4n) is 4.68. The Bertz CT molecular complexity index is 1000. The van der Waals surface area contributed by atoms with E-state index in [1.165, 1.54) is 5.57 Å². The van der Waals surface area contributed by atoms with Crippen LogP contribution in [-0.2, 0) is 16.0 Å². The minimum absolute atomic E-state index is 0.171. The molecule has 0 saturated heterocycles. The predicted octanol–water partition coefficient (Wildman–Crippen LogP) is 4.27. The summed E-state index contributed by atoms with van der Waals surface area (Å²) in [5.41, 5.74) is 13.7. The lowest BCUT2D eigenvalue weighted by molar-refractivity contribution is -0.147. The second kappa shape index (κ2) is 7.60. The topological polar surface area (TPSA) is 100.0 Å². The Balaban J connectivity index is 1.56. The molecule has 7 nitrogen and oxygen atoms in total. The molecular weight excluding hydrogens is 366 g/mol. The molecular formula is C22H23N5O2. The van der Waals surface area contributed by atoms with Crippen molar-refractivity contribution >= 4 is 5.97 Å². The number of carbonyl (C=O) groups excluding carboxylic acids is 1. The second-order valence-corrected chi connectivity index (χ2v) is 7.63. The fraction of sp³-hybridized carbons (Fsp3) is 0.364. The number of dihydropyridines is 1. The lowest BCUT2D eigenvalue weighted by atomic mass is 9.63. The van der Waals surface area contributed by atoms with Crippen molar-refractivity contribution in [2.45, 2.75) is 44.9 Å². The summed E-state index contributed by atoms with van der Waals surface area (Å²) in [7, 11) is 0. The van der Waals surface area contributed by atoms with Gasteiger partial charge in [-0.1, -0.05) is 34.5 Å². The van der Waals surface area contributed by atoms with Gasteiger partial charge in [-0.3, -0.25) is 9.78 Å². The maximum atomic E-state index is 12.3. The van der Waals surface area contributed by atoms with Crippen molar-refractivity contribution < 1.29 is 9.53 Å². The molecule has 29 heavy (non-hydrogen) atoms. The number of rotatable bonds is 4. The summed E-state index contributed by atoms with van der Waals surface area (Å²) in [6.45, 7) is 4.07. The number of allylic oxidation sites excluding steroid dienone is 3. The van der Waals surface area contributed by atoms with E-state index in [0.29, 0.717) is 6.42 Å². The summed E-state index contributed by atoms with van der Waals surface area (Å²) in [5.74, 6) is -0.141. The number of fused-ring (bicyclic) bond motifs is 3. The molecule has 1 N–H and O–H groups in total. The first kappa shape index (κ1) is 19.0. The monoisotopic (exact) mass is 389 g/mol. The Morgan fingerprint density at radius 3 is 3.00 bits per heavy atom. The quantitative estimate of drug-likeness (QED) is 0.273. The molecule has 0 spiro atoms. The van der Waals surface area contributed by atoms with Crippen molar-refractivity contribution in [1.82, 2.24) is 10.3 Å². The first-order valence-corrected chi connectivity index (χ1v) is 9.72. The molecule has 2 bridgehead atoms. The van der Waals surface area contributed by atoms with Crippen LogP contribution < -0.4 is 5.32 Å². The summed E-state index contributed by atoms with van der Waals surface area (Å²) in [6, 6.07) is 3.59. The van der Waals surface area contributed by atoms with Crippen LogP contribution in [0.4, 0.5) is 0 Å². The van der Waals surface area contributed by atoms with Gasteiger partial charge in [-0.05, 0) is 61.6 Å². The van der Waals surface area contributed by atoms with Gasteiger partial charge in [0, 0.05) is 28.9 Å². The van der Waals surface area contributed by atoms with Gasteiger partial charge in [0.05, 0.1) is 6.42 Å². The van der Waals surface area contributed by atoms with E-state index < -0.39 is 11.8 Å². The van der Waals surface area contributed by atoms with E-state index in [1.807, 2.05) is 19.1 Å². The standard InChI is InChI=1S/C22H23N5O2/c1-3-17-16-10-14(2)13-22(17,26-27-23)18-4-5-20(25-19(18)12-16)29-21(28)11-15-6-8-24-9-7-15/h3-10,16,20,25H,11-13H2,1-2H3/t16-,20?,22?/m1/s1. The Morgan fingerprint density at radius 2 is 2.28 bits per heavy atom. The molecule has 7 heteroatoms. The Kier molecular flexibility index (Phi) is 4.99. The molecule has 0 aromatic carbocycles. The Morgan fingerprint density at radius 1 is 1.48 bits per heavy atom. The second-order valence-electron chi connectivity index (χ2n) is 7.63. The number of esters is 1. The van der Waals surface area contributed by atoms with Crippen molar-refractivity contribution in [1.29, 1.82) is 0 Å². The van der Waals surface area contributed by atoms with Crippen LogP contribution in [0.2, 0.25) is 0 Å². The molecule has 0 amide bonds. The highest BCUT2D eigenvalue weighted by Crippen LogP contribution is 2.52. The largest absolute Gasteiger partial charge is 0.438 e. The van der Waals surface area contributed by atoms with Crippen LogP contribution in [0.15, 0.2) is 76.4 Å². The number of aromatic nitrogens is 1. The molecule has 3 atom stereocenters. The molecule has 2 heterocycles. The zero-order chi connectivity index (χ0) is 20.4. The molecule has 1 aromatic rings. The van der Waals surface area contributed by atoms with Gasteiger partial charge >= 0.3 is 5.97 Å². The molecule has 2 unspecified atom stereocenters. The van der Waals surface area contributed by atoms with E-state index in [2.05, 4.69) is 39.4 Å². The third kappa shape index (κ3) is 3.45. The number of carbonyl (C=O) groups is 1. The summed E-state index contributed by atoms with van der Waals surface area (Å²) in [5, 5.41) is 7.61. The van der Waals surface area contributed by atoms with Crippen molar-refractivity contribution in [2.75, 3.05) is 0 Å². The number of hydrogen-bond acceptors (Lipinski definition) is 5. The smallest absolute Gasteiger partial charge is 0.312 e. The van der Waals surface area contributed by atoms with E-state index in [0.717, 1.165) is 28.8 Å². The van der Waals surface area contributed by atoms with Gasteiger partial charge in [0.1, 0.15) is 5.54 Å². The zero-order valence-corrected chi connectivity index (χ0v) is 16.5. The van der Waals surface area contributed by atoms with Crippen LogP contribution in [0, 0.1) is 5.92 Å². The summed E-state index contributed by atoms with van der Waals surface area (Å²) in [6.07, 6.45) is 12.5. The van der Waals surface area contributed by atoms with E-state index in [9.17, 15) is 10.3 Å². The molecule has 0 radical (unpaired) electrons. The molecule has 148 valence electrons. The average molecular weight is 389 g/mol. The molecule has 1 aromatic heterocycles. The number of nitrogens with zero attached hydrogens (tertiary/aromatic N) is 4. The van der Waals surface area contributed by atoms with Gasteiger partial charge in [0.2, 0.25) is 0 Å². The minimum Gasteiger partial charge on any atom is -0.438 e. The molecule has 3 aliphatic rings. The van der Waals surface area contributed by atoms with Crippen molar-refractivity contribution in [3.8, 4) is 0 Å². The van der Waals surface area contributed by atoms with Gasteiger partial charge in [0.15, 0.2) is 6.23 Å². The highest BCUT2D eigenvalue weighted by Gasteiger charge is 2.47. The Labute approximate surface area is 169 Å². The van der Waals surface area contributed by atoms with Gasteiger partial charge < -0.3 is 10.1 Å². The Hall–Kier alpha value is -3.31. The summed E-state index contributed by atoms with van der Waals surface area (Å²) < 4.78 is 5.61. The van der Waals surface area contributed by atoms with E-state index in [1.54, 1.807) is 24.5 Å². The van der Waals surface area contributed by atoms with Crippen LogP contribution >= 0.6 is 0 Å². The third-order valence-corrected chi connectivity index (χ3v) is 5.73. The molecule has 4 rings (SSSR count). The van der Waals surface area contributed by atoms with Gasteiger partial charge in [-0.15, -0.1) is 0 Å². The minimum atomic E-state index is -0.712. The predicted molar refractivity (Wildman–Crippen MR) is 109 cm³/mol. The summed E-state index contributed by atoms with van der Waals surface area (Å²) in [4.78, 5) is 19.5. The van der Waals surface area contributed by atoms with Crippen molar-refractivity contribution in [2.24, 2.45) is 11.0 Å². The highest BCUT2D eigenvalue weighted by atomic mass is 16.6. The molecule has 2 aliphatic carbocycles. The number of pyridine rings is 1. The molecule has 0 fully saturated rings. The SMILES string of the molecule is CC=C1[C@@H]2C=C(C)CC1(N=[N+]=[N-])C1=C(C2)NC(OC(=O)Cc2ccncc2)C=C1. The number of azide groups is 1. The third-order valence-electron chi connectivity index (χ3n) is 5.73. The maximum absolute atomic E-state index is 12.3. The fourth-order valence-corrected chi connectivity index (χ4v) is 4.68. The average Bonchev–Trinajstić information content (AvgIpc) is 2.68.